The quantitative estimate of drug-likeness (QED) is 0.313. The lowest BCUT2D eigenvalue weighted by Gasteiger charge is -2.30. The van der Waals surface area contributed by atoms with E-state index in [0.29, 0.717) is 47.3 Å². The van der Waals surface area contributed by atoms with Crippen LogP contribution in [0.25, 0.3) is 27.8 Å². The molecule has 1 saturated heterocycles. The third-order valence-electron chi connectivity index (χ3n) is 8.34. The Morgan fingerprint density at radius 2 is 1.88 bits per heavy atom. The molecule has 218 valence electrons. The van der Waals surface area contributed by atoms with E-state index in [-0.39, 0.29) is 18.1 Å². The van der Waals surface area contributed by atoms with E-state index in [1.165, 1.54) is 19.5 Å². The zero-order chi connectivity index (χ0) is 28.9. The molecule has 2 bridgehead atoms. The number of aromatic nitrogens is 7. The van der Waals surface area contributed by atoms with Crippen LogP contribution in [0.5, 0.6) is 5.88 Å². The van der Waals surface area contributed by atoms with Crippen molar-refractivity contribution in [1.82, 2.24) is 38.8 Å². The minimum Gasteiger partial charge on any atom is -0.466 e. The van der Waals surface area contributed by atoms with Gasteiger partial charge in [-0.1, -0.05) is 12.2 Å². The molecule has 43 heavy (non-hydrogen) atoms. The minimum atomic E-state index is -0.213. The largest absolute Gasteiger partial charge is 0.466 e. The van der Waals surface area contributed by atoms with Crippen LogP contribution in [0.4, 0.5) is 17.3 Å². The van der Waals surface area contributed by atoms with Gasteiger partial charge in [-0.05, 0) is 56.6 Å². The van der Waals surface area contributed by atoms with Gasteiger partial charge in [0.05, 0.1) is 35.8 Å². The summed E-state index contributed by atoms with van der Waals surface area (Å²) in [5.41, 5.74) is 4.15. The number of nitrogens with zero attached hydrogens (tertiary/aromatic N) is 9. The number of fused-ring (bicyclic) bond motifs is 6. The number of imidazole rings is 1. The number of nitrogens with one attached hydrogen (secondary N) is 1. The van der Waals surface area contributed by atoms with E-state index in [2.05, 4.69) is 35.8 Å². The van der Waals surface area contributed by atoms with E-state index in [4.69, 9.17) is 9.72 Å². The first kappa shape index (κ1) is 25.7. The molecule has 13 nitrogen and oxygen atoms in total. The lowest BCUT2D eigenvalue weighted by Crippen LogP contribution is -2.40. The van der Waals surface area contributed by atoms with E-state index < -0.39 is 0 Å². The summed E-state index contributed by atoms with van der Waals surface area (Å²) in [6, 6.07) is 7.85. The van der Waals surface area contributed by atoms with Crippen LogP contribution in [0.3, 0.4) is 0 Å². The fraction of sp³-hybridized carbons (Fsp3) is 0.333. The number of ether oxygens (including phenoxy) is 1. The first-order chi connectivity index (χ1) is 21.1. The second kappa shape index (κ2) is 10.3. The molecule has 3 aliphatic heterocycles. The topological polar surface area (TPSA) is 128 Å². The van der Waals surface area contributed by atoms with Crippen molar-refractivity contribution in [3.63, 3.8) is 0 Å². The van der Waals surface area contributed by atoms with Gasteiger partial charge in [0.1, 0.15) is 11.1 Å². The van der Waals surface area contributed by atoms with Gasteiger partial charge in [0.25, 0.3) is 11.5 Å². The standard InChI is InChI=1S/C30H30N10O3/c41-26-18-43-28-25-15-21(16-31-28)40-27-22(29(42)39(40)11-4-2-1-3-10-38(25)26)17-32-30(35-27)34-20-6-7-24-23(14-20)33-19-37(24)13-12-36-8-5-9-36/h2,4,6-7,14-17,19H,1,3,5,8-13,18H2,(H,32,34,35). The molecule has 5 aromatic rings. The van der Waals surface area contributed by atoms with Crippen LogP contribution >= 0.6 is 0 Å². The summed E-state index contributed by atoms with van der Waals surface area (Å²) in [4.78, 5) is 48.8. The monoisotopic (exact) mass is 578 g/mol. The van der Waals surface area contributed by atoms with Crippen molar-refractivity contribution in [2.24, 2.45) is 0 Å². The molecule has 0 saturated carbocycles. The Labute approximate surface area is 246 Å². The Hall–Kier alpha value is -5.04. The zero-order valence-electron chi connectivity index (χ0n) is 23.5. The van der Waals surface area contributed by atoms with Gasteiger partial charge in [-0.15, -0.1) is 0 Å². The molecule has 0 atom stereocenters. The Balaban J connectivity index is 1.17. The number of benzene rings is 1. The summed E-state index contributed by atoms with van der Waals surface area (Å²) in [6.07, 6.45) is 11.9. The van der Waals surface area contributed by atoms with Crippen LogP contribution in [0.1, 0.15) is 19.3 Å². The Morgan fingerprint density at radius 3 is 2.77 bits per heavy atom. The van der Waals surface area contributed by atoms with Crippen LogP contribution in [0.2, 0.25) is 0 Å². The first-order valence-electron chi connectivity index (χ1n) is 14.6. The maximum Gasteiger partial charge on any atom is 0.278 e. The number of allylic oxidation sites excluding steroid dienone is 2. The molecular weight excluding hydrogens is 548 g/mol. The van der Waals surface area contributed by atoms with Gasteiger partial charge in [0, 0.05) is 31.5 Å². The van der Waals surface area contributed by atoms with Gasteiger partial charge in [-0.2, -0.15) is 4.98 Å². The maximum atomic E-state index is 13.6. The van der Waals surface area contributed by atoms with Crippen LogP contribution in [0, 0.1) is 0 Å². The van der Waals surface area contributed by atoms with Crippen molar-refractivity contribution < 1.29 is 9.53 Å². The maximum absolute atomic E-state index is 13.6. The first-order valence-corrected chi connectivity index (χ1v) is 14.6. The molecule has 0 aliphatic carbocycles. The molecule has 1 fully saturated rings. The molecule has 0 radical (unpaired) electrons. The van der Waals surface area contributed by atoms with Crippen molar-refractivity contribution in [2.45, 2.75) is 32.4 Å². The van der Waals surface area contributed by atoms with Crippen LogP contribution in [-0.4, -0.2) is 77.5 Å². The van der Waals surface area contributed by atoms with E-state index in [9.17, 15) is 9.59 Å². The molecule has 8 rings (SSSR count). The van der Waals surface area contributed by atoms with Gasteiger partial charge >= 0.3 is 0 Å². The number of rotatable bonds is 5. The number of amides is 1. The Kier molecular flexibility index (Phi) is 6.17. The number of likely N-dealkylation sites (tertiary alicyclic amines) is 1. The van der Waals surface area contributed by atoms with E-state index in [1.807, 2.05) is 36.7 Å². The highest BCUT2D eigenvalue weighted by molar-refractivity contribution is 5.97. The molecule has 4 aromatic heterocycles. The highest BCUT2D eigenvalue weighted by Crippen LogP contribution is 2.33. The molecule has 0 unspecified atom stereocenters. The number of carbonyl (C=O) groups excluding carboxylic acids is 1. The number of anilines is 3. The Bertz CT molecular complexity index is 1970. The molecule has 13 heteroatoms. The van der Waals surface area contributed by atoms with Crippen molar-refractivity contribution in [3.8, 4) is 11.6 Å². The predicted octanol–water partition coefficient (Wildman–Crippen LogP) is 2.85. The zero-order valence-corrected chi connectivity index (χ0v) is 23.5. The molecule has 1 aromatic carbocycles. The average Bonchev–Trinajstić information content (AvgIpc) is 3.51. The highest BCUT2D eigenvalue weighted by atomic mass is 16.5. The van der Waals surface area contributed by atoms with E-state index in [0.717, 1.165) is 42.7 Å². The van der Waals surface area contributed by atoms with E-state index >= 15 is 0 Å². The van der Waals surface area contributed by atoms with E-state index in [1.54, 1.807) is 26.7 Å². The van der Waals surface area contributed by atoms with Crippen molar-refractivity contribution in [2.75, 3.05) is 43.0 Å². The Morgan fingerprint density at radius 1 is 0.953 bits per heavy atom. The molecule has 3 aliphatic rings. The van der Waals surface area contributed by atoms with Gasteiger partial charge in [0.2, 0.25) is 11.8 Å². The molecule has 7 heterocycles. The smallest absolute Gasteiger partial charge is 0.278 e. The van der Waals surface area contributed by atoms with Gasteiger partial charge < -0.3 is 24.4 Å². The highest BCUT2D eigenvalue weighted by Gasteiger charge is 2.28. The van der Waals surface area contributed by atoms with Gasteiger partial charge in [0.15, 0.2) is 12.3 Å². The van der Waals surface area contributed by atoms with Crippen molar-refractivity contribution >= 4 is 45.3 Å². The number of pyridine rings is 1. The molecule has 1 N–H and O–H groups in total. The fourth-order valence-electron chi connectivity index (χ4n) is 5.92. The molecule has 1 amide bonds. The van der Waals surface area contributed by atoms with Crippen LogP contribution < -0.4 is 20.5 Å². The molecule has 0 spiro atoms. The normalized spacial score (nSPS) is 16.8. The van der Waals surface area contributed by atoms with Gasteiger partial charge in [-0.3, -0.25) is 9.59 Å². The summed E-state index contributed by atoms with van der Waals surface area (Å²) in [5, 5.41) is 3.67. The molecular formula is C30H30N10O3. The second-order valence-corrected chi connectivity index (χ2v) is 11.1. The number of hydrogen-bond acceptors (Lipinski definition) is 9. The van der Waals surface area contributed by atoms with Gasteiger partial charge in [-0.25, -0.2) is 24.3 Å². The summed E-state index contributed by atoms with van der Waals surface area (Å²) < 4.78 is 11.1. The number of carbonyl (C=O) groups is 1. The van der Waals surface area contributed by atoms with Crippen LogP contribution in [0.15, 0.2) is 59.9 Å². The second-order valence-electron chi connectivity index (χ2n) is 11.1. The average molecular weight is 579 g/mol. The summed E-state index contributed by atoms with van der Waals surface area (Å²) in [6.45, 7) is 5.15. The summed E-state index contributed by atoms with van der Waals surface area (Å²) >= 11 is 0. The lowest BCUT2D eigenvalue weighted by atomic mass is 10.2. The van der Waals surface area contributed by atoms with Crippen molar-refractivity contribution in [3.05, 3.63) is 65.5 Å². The SMILES string of the molecule is O=C1COc2ncc3cc2N1CCCC=CCn1c(=O)c2cnc(Nc4ccc5c(c4)ncn5CCN4CCC4)nc2n1-3. The minimum absolute atomic E-state index is 0.0424. The number of hydrogen-bond donors (Lipinski definition) is 1. The summed E-state index contributed by atoms with van der Waals surface area (Å²) in [7, 11) is 0. The third-order valence-corrected chi connectivity index (χ3v) is 8.34. The lowest BCUT2D eigenvalue weighted by molar-refractivity contribution is -0.121. The van der Waals surface area contributed by atoms with Crippen LogP contribution in [-0.2, 0) is 17.9 Å². The predicted molar refractivity (Wildman–Crippen MR) is 161 cm³/mol. The fourth-order valence-corrected chi connectivity index (χ4v) is 5.92. The van der Waals surface area contributed by atoms with Crippen molar-refractivity contribution in [1.29, 1.82) is 0 Å². The summed E-state index contributed by atoms with van der Waals surface area (Å²) in [5.74, 6) is 0.628. The third kappa shape index (κ3) is 4.52.